The molecule has 0 unspecified atom stereocenters. The van der Waals surface area contributed by atoms with Crippen LogP contribution < -0.4 is 10.1 Å². The fraction of sp³-hybridized carbons (Fsp3) is 0.300. The van der Waals surface area contributed by atoms with Crippen LogP contribution in [0, 0.1) is 0 Å². The van der Waals surface area contributed by atoms with E-state index in [2.05, 4.69) is 36.5 Å². The largest absolute Gasteiger partial charge is 0.412 e. The molecule has 4 rings (SSSR count). The highest BCUT2D eigenvalue weighted by Crippen LogP contribution is 2.30. The van der Waals surface area contributed by atoms with Crippen molar-refractivity contribution in [2.75, 3.05) is 6.54 Å². The lowest BCUT2D eigenvalue weighted by molar-refractivity contribution is 0.200. The number of hydrogen-bond acceptors (Lipinski definition) is 4. The molecule has 0 spiro atoms. The lowest BCUT2D eigenvalue weighted by Crippen LogP contribution is -2.27. The normalized spacial score (nSPS) is 14.2. The number of unbranched alkanes of at least 4 members (excludes halogenated alkanes) is 4. The first kappa shape index (κ1) is 25.6. The van der Waals surface area contributed by atoms with Gasteiger partial charge in [0, 0.05) is 22.7 Å². The van der Waals surface area contributed by atoms with Gasteiger partial charge in [-0.15, -0.1) is 0 Å². The second-order valence-electron chi connectivity index (χ2n) is 9.16. The molecule has 0 atom stereocenters. The predicted octanol–water partition coefficient (Wildman–Crippen LogP) is 7.48. The van der Waals surface area contributed by atoms with E-state index in [1.807, 2.05) is 36.4 Å². The molecule has 0 bridgehead atoms. The first-order chi connectivity index (χ1) is 17.5. The van der Waals surface area contributed by atoms with Crippen molar-refractivity contribution in [1.29, 1.82) is 0 Å². The number of rotatable bonds is 11. The molecule has 6 heteroatoms. The Morgan fingerprint density at radius 2 is 1.31 bits per heavy atom. The summed E-state index contributed by atoms with van der Waals surface area (Å²) in [7, 11) is 0. The highest BCUT2D eigenvalue weighted by Gasteiger charge is 2.32. The van der Waals surface area contributed by atoms with Gasteiger partial charge in [0.15, 0.2) is 0 Å². The van der Waals surface area contributed by atoms with Crippen molar-refractivity contribution in [3.8, 4) is 5.75 Å². The van der Waals surface area contributed by atoms with E-state index in [0.717, 1.165) is 61.1 Å². The Morgan fingerprint density at radius 3 is 1.89 bits per heavy atom. The zero-order valence-corrected chi connectivity index (χ0v) is 21.4. The Kier molecular flexibility index (Phi) is 8.90. The van der Waals surface area contributed by atoms with E-state index in [1.54, 1.807) is 24.3 Å². The summed E-state index contributed by atoms with van der Waals surface area (Å²) in [4.78, 5) is 22.1. The highest BCUT2D eigenvalue weighted by atomic mass is 35.5. The molecule has 0 saturated heterocycles. The summed E-state index contributed by atoms with van der Waals surface area (Å²) in [6, 6.07) is 27.4. The number of halogens is 1. The van der Waals surface area contributed by atoms with Crippen LogP contribution >= 0.6 is 11.6 Å². The van der Waals surface area contributed by atoms with Crippen LogP contribution in [-0.4, -0.2) is 29.7 Å². The number of hydrogen-bond donors (Lipinski definition) is 1. The zero-order valence-electron chi connectivity index (χ0n) is 20.6. The number of carbonyl (C=O) groups is 1. The third kappa shape index (κ3) is 7.28. The third-order valence-corrected chi connectivity index (χ3v) is 6.40. The fourth-order valence-corrected chi connectivity index (χ4v) is 4.40. The topological polar surface area (TPSA) is 63.0 Å². The minimum absolute atomic E-state index is 0.439. The molecule has 1 amide bonds. The van der Waals surface area contributed by atoms with Crippen molar-refractivity contribution in [2.24, 2.45) is 9.98 Å². The van der Waals surface area contributed by atoms with Crippen molar-refractivity contribution in [2.45, 2.75) is 51.1 Å². The van der Waals surface area contributed by atoms with Crippen LogP contribution in [0.3, 0.4) is 0 Å². The van der Waals surface area contributed by atoms with E-state index in [1.165, 1.54) is 0 Å². The molecule has 1 N–H and O–H groups in total. The molecule has 3 aromatic rings. The molecule has 3 aromatic carbocycles. The van der Waals surface area contributed by atoms with E-state index in [-0.39, 0.29) is 0 Å². The Hall–Kier alpha value is -3.44. The summed E-state index contributed by atoms with van der Waals surface area (Å²) in [5, 5.41) is 3.41. The van der Waals surface area contributed by atoms with Gasteiger partial charge in [-0.05, 0) is 50.5 Å². The fourth-order valence-electron chi connectivity index (χ4n) is 4.27. The number of carbonyl (C=O) groups excluding carboxylic acids is 1. The van der Waals surface area contributed by atoms with Gasteiger partial charge in [-0.25, -0.2) is 4.79 Å². The smallest absolute Gasteiger partial charge is 0.410 e. The number of nitrogens with one attached hydrogen (secondary N) is 1. The molecular weight excluding hydrogens is 470 g/mol. The Balaban J connectivity index is 1.20. The van der Waals surface area contributed by atoms with Crippen LogP contribution in [-0.2, 0) is 0 Å². The molecule has 0 aromatic heterocycles. The monoisotopic (exact) mass is 501 g/mol. The van der Waals surface area contributed by atoms with Crippen LogP contribution in [0.25, 0.3) is 0 Å². The van der Waals surface area contributed by atoms with E-state index >= 15 is 0 Å². The molecule has 0 radical (unpaired) electrons. The van der Waals surface area contributed by atoms with Gasteiger partial charge in [0.05, 0.1) is 11.4 Å². The number of benzene rings is 3. The molecule has 5 nitrogen and oxygen atoms in total. The summed E-state index contributed by atoms with van der Waals surface area (Å²) < 4.78 is 5.23. The molecule has 0 saturated carbocycles. The number of aliphatic imine (C=N–C) groups is 2. The van der Waals surface area contributed by atoms with E-state index < -0.39 is 11.8 Å². The number of amides is 1. The average Bonchev–Trinajstić information content (AvgIpc) is 3.26. The maximum absolute atomic E-state index is 11.9. The van der Waals surface area contributed by atoms with Crippen molar-refractivity contribution in [1.82, 2.24) is 5.32 Å². The quantitative estimate of drug-likeness (QED) is 0.277. The zero-order chi connectivity index (χ0) is 25.2. The number of ether oxygens (including phenoxy) is 1. The van der Waals surface area contributed by atoms with Crippen molar-refractivity contribution < 1.29 is 9.53 Å². The minimum atomic E-state index is -0.441. The van der Waals surface area contributed by atoms with Gasteiger partial charge >= 0.3 is 6.09 Å². The van der Waals surface area contributed by atoms with Crippen molar-refractivity contribution in [3.05, 3.63) is 101 Å². The summed E-state index contributed by atoms with van der Waals surface area (Å²) in [5.74, 6) is 0.480. The van der Waals surface area contributed by atoms with Crippen LogP contribution in [0.1, 0.15) is 56.6 Å². The standard InChI is InChI=1S/C30H32ClN3O2/c1-30(21-11-3-2-4-12-22-32-29(35)36-26-19-17-25(31)18-20-26)33-27(23-13-7-5-8-14-23)28(34-30)24-15-9-6-10-16-24/h5-10,13-20H,2-4,11-12,21-22H2,1H3,(H,32,35). The Morgan fingerprint density at radius 1 is 0.778 bits per heavy atom. The third-order valence-electron chi connectivity index (χ3n) is 6.14. The second kappa shape index (κ2) is 12.5. The highest BCUT2D eigenvalue weighted by molar-refractivity contribution is 6.54. The van der Waals surface area contributed by atoms with Gasteiger partial charge in [-0.2, -0.15) is 0 Å². The van der Waals surface area contributed by atoms with Crippen LogP contribution in [0.5, 0.6) is 5.75 Å². The maximum Gasteiger partial charge on any atom is 0.412 e. The molecule has 1 aliphatic rings. The minimum Gasteiger partial charge on any atom is -0.410 e. The van der Waals surface area contributed by atoms with E-state index in [4.69, 9.17) is 26.3 Å². The summed E-state index contributed by atoms with van der Waals surface area (Å²) >= 11 is 5.84. The number of nitrogens with zero attached hydrogens (tertiary/aromatic N) is 2. The van der Waals surface area contributed by atoms with Crippen molar-refractivity contribution in [3.63, 3.8) is 0 Å². The SMILES string of the molecule is CC1(CCCCCCCNC(=O)Oc2ccc(Cl)cc2)N=C(c2ccccc2)C(c2ccccc2)=N1. The van der Waals surface area contributed by atoms with E-state index in [0.29, 0.717) is 17.3 Å². The molecule has 0 aliphatic carbocycles. The molecular formula is C30H32ClN3O2. The van der Waals surface area contributed by atoms with Crippen LogP contribution in [0.15, 0.2) is 94.9 Å². The lowest BCUT2D eigenvalue weighted by atomic mass is 10.0. The van der Waals surface area contributed by atoms with E-state index in [9.17, 15) is 4.79 Å². The van der Waals surface area contributed by atoms with Crippen molar-refractivity contribution >= 4 is 29.1 Å². The first-order valence-corrected chi connectivity index (χ1v) is 12.9. The molecule has 36 heavy (non-hydrogen) atoms. The second-order valence-corrected chi connectivity index (χ2v) is 9.59. The van der Waals surface area contributed by atoms with Gasteiger partial charge in [0.2, 0.25) is 0 Å². The molecule has 0 fully saturated rings. The Bertz CT molecular complexity index is 1140. The van der Waals surface area contributed by atoms with Gasteiger partial charge in [0.1, 0.15) is 11.4 Å². The predicted molar refractivity (Wildman–Crippen MR) is 148 cm³/mol. The van der Waals surface area contributed by atoms with Crippen LogP contribution in [0.4, 0.5) is 4.79 Å². The average molecular weight is 502 g/mol. The molecule has 186 valence electrons. The summed E-state index contributed by atoms with van der Waals surface area (Å²) in [5.41, 5.74) is 3.71. The van der Waals surface area contributed by atoms with Gasteiger partial charge in [0.25, 0.3) is 0 Å². The first-order valence-electron chi connectivity index (χ1n) is 12.5. The molecule has 1 heterocycles. The van der Waals surface area contributed by atoms with Gasteiger partial charge < -0.3 is 10.1 Å². The maximum atomic E-state index is 11.9. The van der Waals surface area contributed by atoms with Gasteiger partial charge in [-0.1, -0.05) is 91.5 Å². The molecule has 1 aliphatic heterocycles. The summed E-state index contributed by atoms with van der Waals surface area (Å²) in [6.45, 7) is 2.72. The Labute approximate surface area is 218 Å². The van der Waals surface area contributed by atoms with Gasteiger partial charge in [-0.3, -0.25) is 9.98 Å². The summed E-state index contributed by atoms with van der Waals surface area (Å²) in [6.07, 6.45) is 5.70. The lowest BCUT2D eigenvalue weighted by Gasteiger charge is -2.17. The van der Waals surface area contributed by atoms with Crippen LogP contribution in [0.2, 0.25) is 5.02 Å².